The Morgan fingerprint density at radius 3 is 2.79 bits per heavy atom. The van der Waals surface area contributed by atoms with Crippen LogP contribution in [0, 0.1) is 5.41 Å². The SMILES string of the molecule is CC(C)(C)[C@@H]1COC(c2ccc3cccnc3n2)=N1. The summed E-state index contributed by atoms with van der Waals surface area (Å²) in [6, 6.07) is 8.02. The Morgan fingerprint density at radius 2 is 2.05 bits per heavy atom. The van der Waals surface area contributed by atoms with E-state index in [1.165, 1.54) is 0 Å². The zero-order valence-corrected chi connectivity index (χ0v) is 11.4. The number of aliphatic imine (C=N–C) groups is 1. The van der Waals surface area contributed by atoms with E-state index < -0.39 is 0 Å². The highest BCUT2D eigenvalue weighted by Crippen LogP contribution is 2.27. The number of aromatic nitrogens is 2. The number of pyridine rings is 2. The third-order valence-electron chi connectivity index (χ3n) is 3.33. The van der Waals surface area contributed by atoms with Crippen molar-refractivity contribution in [3.8, 4) is 0 Å². The molecular formula is C15H17N3O. The molecule has 0 aromatic carbocycles. The van der Waals surface area contributed by atoms with Crippen LogP contribution in [0.4, 0.5) is 0 Å². The summed E-state index contributed by atoms with van der Waals surface area (Å²) in [5, 5.41) is 1.03. The molecule has 2 aromatic rings. The maximum atomic E-state index is 5.69. The molecule has 4 nitrogen and oxygen atoms in total. The molecule has 0 saturated carbocycles. The normalized spacial score (nSPS) is 19.3. The Kier molecular flexibility index (Phi) is 2.73. The van der Waals surface area contributed by atoms with Crippen molar-refractivity contribution >= 4 is 16.9 Å². The van der Waals surface area contributed by atoms with E-state index in [2.05, 4.69) is 35.7 Å². The fourth-order valence-electron chi connectivity index (χ4n) is 2.03. The van der Waals surface area contributed by atoms with Crippen molar-refractivity contribution in [3.05, 3.63) is 36.2 Å². The predicted octanol–water partition coefficient (Wildman–Crippen LogP) is 2.82. The maximum Gasteiger partial charge on any atom is 0.235 e. The van der Waals surface area contributed by atoms with Crippen molar-refractivity contribution in [1.82, 2.24) is 9.97 Å². The lowest BCUT2D eigenvalue weighted by molar-refractivity contribution is 0.235. The number of hydrogen-bond acceptors (Lipinski definition) is 4. The Bertz CT molecular complexity index is 643. The van der Waals surface area contributed by atoms with Crippen LogP contribution in [0.1, 0.15) is 26.5 Å². The van der Waals surface area contributed by atoms with Gasteiger partial charge in [-0.05, 0) is 29.7 Å². The van der Waals surface area contributed by atoms with Crippen molar-refractivity contribution in [3.63, 3.8) is 0 Å². The molecular weight excluding hydrogens is 238 g/mol. The third-order valence-corrected chi connectivity index (χ3v) is 3.33. The van der Waals surface area contributed by atoms with Crippen molar-refractivity contribution in [2.75, 3.05) is 6.61 Å². The fraction of sp³-hybridized carbons (Fsp3) is 0.400. The summed E-state index contributed by atoms with van der Waals surface area (Å²) >= 11 is 0. The van der Waals surface area contributed by atoms with Gasteiger partial charge in [-0.3, -0.25) is 0 Å². The molecule has 0 aliphatic carbocycles. The molecule has 3 rings (SSSR count). The van der Waals surface area contributed by atoms with Crippen LogP contribution in [0.15, 0.2) is 35.5 Å². The molecule has 2 aromatic heterocycles. The van der Waals surface area contributed by atoms with Crippen molar-refractivity contribution in [2.45, 2.75) is 26.8 Å². The van der Waals surface area contributed by atoms with Gasteiger partial charge in [0.1, 0.15) is 12.3 Å². The van der Waals surface area contributed by atoms with Gasteiger partial charge >= 0.3 is 0 Å². The average Bonchev–Trinajstić information content (AvgIpc) is 2.87. The van der Waals surface area contributed by atoms with Crippen molar-refractivity contribution < 1.29 is 4.74 Å². The van der Waals surface area contributed by atoms with E-state index in [1.54, 1.807) is 6.20 Å². The molecule has 3 heterocycles. The minimum Gasteiger partial charge on any atom is -0.474 e. The first-order chi connectivity index (χ1) is 9.04. The van der Waals surface area contributed by atoms with Crippen LogP contribution in [0.25, 0.3) is 11.0 Å². The van der Waals surface area contributed by atoms with Gasteiger partial charge in [0.05, 0.1) is 6.04 Å². The van der Waals surface area contributed by atoms with Gasteiger partial charge in [0.15, 0.2) is 5.65 Å². The second kappa shape index (κ2) is 4.30. The second-order valence-corrected chi connectivity index (χ2v) is 5.87. The van der Waals surface area contributed by atoms with E-state index in [-0.39, 0.29) is 11.5 Å². The van der Waals surface area contributed by atoms with Crippen LogP contribution in [0.3, 0.4) is 0 Å². The highest BCUT2D eigenvalue weighted by atomic mass is 16.5. The van der Waals surface area contributed by atoms with Crippen LogP contribution >= 0.6 is 0 Å². The van der Waals surface area contributed by atoms with E-state index in [4.69, 9.17) is 4.74 Å². The Labute approximate surface area is 112 Å². The van der Waals surface area contributed by atoms with E-state index in [9.17, 15) is 0 Å². The molecule has 0 N–H and O–H groups in total. The number of rotatable bonds is 1. The molecule has 1 atom stereocenters. The van der Waals surface area contributed by atoms with Gasteiger partial charge in [0.2, 0.25) is 5.90 Å². The lowest BCUT2D eigenvalue weighted by Gasteiger charge is -2.21. The lowest BCUT2D eigenvalue weighted by Crippen LogP contribution is -2.25. The van der Waals surface area contributed by atoms with Gasteiger partial charge in [-0.1, -0.05) is 20.8 Å². The highest BCUT2D eigenvalue weighted by Gasteiger charge is 2.31. The van der Waals surface area contributed by atoms with Gasteiger partial charge in [0, 0.05) is 11.6 Å². The highest BCUT2D eigenvalue weighted by molar-refractivity contribution is 5.95. The number of fused-ring (bicyclic) bond motifs is 1. The summed E-state index contributed by atoms with van der Waals surface area (Å²) in [7, 11) is 0. The molecule has 0 fully saturated rings. The number of ether oxygens (including phenoxy) is 1. The number of nitrogens with zero attached hydrogens (tertiary/aromatic N) is 3. The van der Waals surface area contributed by atoms with Crippen molar-refractivity contribution in [1.29, 1.82) is 0 Å². The molecule has 0 radical (unpaired) electrons. The zero-order chi connectivity index (χ0) is 13.5. The zero-order valence-electron chi connectivity index (χ0n) is 11.4. The maximum absolute atomic E-state index is 5.69. The summed E-state index contributed by atoms with van der Waals surface area (Å²) in [5.41, 5.74) is 1.60. The summed E-state index contributed by atoms with van der Waals surface area (Å²) < 4.78 is 5.69. The van der Waals surface area contributed by atoms with Crippen LogP contribution in [0.5, 0.6) is 0 Å². The molecule has 0 spiro atoms. The topological polar surface area (TPSA) is 47.4 Å². The van der Waals surface area contributed by atoms with Crippen molar-refractivity contribution in [2.24, 2.45) is 10.4 Å². The predicted molar refractivity (Wildman–Crippen MR) is 75.3 cm³/mol. The van der Waals surface area contributed by atoms with E-state index in [0.717, 1.165) is 16.7 Å². The smallest absolute Gasteiger partial charge is 0.235 e. The Morgan fingerprint density at radius 1 is 1.21 bits per heavy atom. The van der Waals surface area contributed by atoms with E-state index in [0.29, 0.717) is 12.5 Å². The van der Waals surface area contributed by atoms with Crippen LogP contribution < -0.4 is 0 Å². The molecule has 0 amide bonds. The largest absolute Gasteiger partial charge is 0.474 e. The van der Waals surface area contributed by atoms with Gasteiger partial charge < -0.3 is 4.74 Å². The van der Waals surface area contributed by atoms with E-state index >= 15 is 0 Å². The van der Waals surface area contributed by atoms with Crippen LogP contribution in [0.2, 0.25) is 0 Å². The summed E-state index contributed by atoms with van der Waals surface area (Å²) in [5.74, 6) is 0.632. The number of hydrogen-bond donors (Lipinski definition) is 0. The lowest BCUT2D eigenvalue weighted by atomic mass is 9.88. The summed E-state index contributed by atoms with van der Waals surface area (Å²) in [6.07, 6.45) is 1.74. The molecule has 19 heavy (non-hydrogen) atoms. The average molecular weight is 255 g/mol. The first-order valence-electron chi connectivity index (χ1n) is 6.47. The second-order valence-electron chi connectivity index (χ2n) is 5.87. The van der Waals surface area contributed by atoms with Crippen LogP contribution in [-0.2, 0) is 4.74 Å². The Balaban J connectivity index is 1.97. The minimum absolute atomic E-state index is 0.108. The molecule has 0 bridgehead atoms. The van der Waals surface area contributed by atoms with Gasteiger partial charge in [-0.2, -0.15) is 0 Å². The van der Waals surface area contributed by atoms with E-state index in [1.807, 2.05) is 24.3 Å². The molecule has 4 heteroatoms. The minimum atomic E-state index is 0.108. The van der Waals surface area contributed by atoms with Crippen LogP contribution in [-0.4, -0.2) is 28.5 Å². The Hall–Kier alpha value is -1.97. The first-order valence-corrected chi connectivity index (χ1v) is 6.47. The standard InChI is InChI=1S/C15H17N3O/c1-15(2,3)12-9-19-14(18-12)11-7-6-10-5-4-8-16-13(10)17-11/h4-8,12H,9H2,1-3H3/t12-/m0/s1. The molecule has 1 aliphatic rings. The molecule has 0 saturated heterocycles. The fourth-order valence-corrected chi connectivity index (χ4v) is 2.03. The third kappa shape index (κ3) is 2.30. The monoisotopic (exact) mass is 255 g/mol. The quantitative estimate of drug-likeness (QED) is 0.787. The molecule has 1 aliphatic heterocycles. The molecule has 0 unspecified atom stereocenters. The summed E-state index contributed by atoms with van der Waals surface area (Å²) in [4.78, 5) is 13.4. The first kappa shape index (κ1) is 12.1. The van der Waals surface area contributed by atoms with Gasteiger partial charge in [-0.25, -0.2) is 15.0 Å². The van der Waals surface area contributed by atoms with Gasteiger partial charge in [0.25, 0.3) is 0 Å². The van der Waals surface area contributed by atoms with Gasteiger partial charge in [-0.15, -0.1) is 0 Å². The summed E-state index contributed by atoms with van der Waals surface area (Å²) in [6.45, 7) is 7.13. The molecule has 98 valence electrons.